The van der Waals surface area contributed by atoms with Crippen LogP contribution in [0.25, 0.3) is 27.3 Å². The van der Waals surface area contributed by atoms with Gasteiger partial charge in [-0.05, 0) is 47.8 Å². The van der Waals surface area contributed by atoms with Crippen LogP contribution in [0.1, 0.15) is 76.4 Å². The Labute approximate surface area is 320 Å². The molecule has 0 spiro atoms. The predicted molar refractivity (Wildman–Crippen MR) is 207 cm³/mol. The zero-order valence-corrected chi connectivity index (χ0v) is 33.4. The van der Waals surface area contributed by atoms with Crippen molar-refractivity contribution < 1.29 is 30.5 Å². The third kappa shape index (κ3) is 4.88. The average Bonchev–Trinajstić information content (AvgIpc) is 3.70. The van der Waals surface area contributed by atoms with Gasteiger partial charge in [0, 0.05) is 45.9 Å². The Morgan fingerprint density at radius 1 is 0.808 bits per heavy atom. The van der Waals surface area contributed by atoms with Crippen LogP contribution in [0.5, 0.6) is 17.2 Å². The molecule has 3 aromatic heterocycles. The fourth-order valence-corrected chi connectivity index (χ4v) is 8.14. The Morgan fingerprint density at radius 2 is 1.56 bits per heavy atom. The summed E-state index contributed by atoms with van der Waals surface area (Å²) in [6.07, 6.45) is 3.86. The third-order valence-corrected chi connectivity index (χ3v) is 11.7. The first kappa shape index (κ1) is 34.5. The van der Waals surface area contributed by atoms with E-state index in [-0.39, 0.29) is 37.3 Å². The molecule has 0 fully saturated rings. The van der Waals surface area contributed by atoms with E-state index in [1.54, 1.807) is 0 Å². The number of para-hydroxylation sites is 1. The summed E-state index contributed by atoms with van der Waals surface area (Å²) in [7, 11) is -0.406. The van der Waals surface area contributed by atoms with Crippen molar-refractivity contribution in [3.05, 3.63) is 125 Å². The Bertz CT molecular complexity index is 2560. The molecular formula is C44H41BN4O2Pt. The van der Waals surface area contributed by atoms with E-state index in [0.29, 0.717) is 11.5 Å². The van der Waals surface area contributed by atoms with Gasteiger partial charge in [0.1, 0.15) is 5.75 Å². The first-order valence-electron chi connectivity index (χ1n) is 17.8. The standard InChI is InChI=1S/C44H41BN4O2.Pt/c1-26-13-10-14-27(2)38(26)45-49(41-36(51-45)17-12-20-46-41)29-21-28(42(3,4)5)22-31(23-29)50-30-18-19-32-33-15-11-16-35-39(33)48-37(44(8,9)43(35,6)7)25-47-40(48)34(32)24-30;/h10-22,25H,1-9H3;/q-2;+2. The van der Waals surface area contributed by atoms with Gasteiger partial charge < -0.3 is 18.6 Å². The van der Waals surface area contributed by atoms with E-state index in [1.807, 2.05) is 24.4 Å². The van der Waals surface area contributed by atoms with E-state index in [9.17, 15) is 0 Å². The van der Waals surface area contributed by atoms with Gasteiger partial charge in [0.15, 0.2) is 5.82 Å². The van der Waals surface area contributed by atoms with Gasteiger partial charge in [-0.2, -0.15) is 0 Å². The summed E-state index contributed by atoms with van der Waals surface area (Å²) in [5.74, 6) is 2.71. The van der Waals surface area contributed by atoms with Gasteiger partial charge in [-0.25, -0.2) is 4.98 Å². The second-order valence-corrected chi connectivity index (χ2v) is 16.3. The van der Waals surface area contributed by atoms with Crippen molar-refractivity contribution >= 4 is 51.3 Å². The van der Waals surface area contributed by atoms with Crippen LogP contribution in [0, 0.1) is 26.0 Å². The smallest absolute Gasteiger partial charge is 0.535 e. The minimum Gasteiger partial charge on any atom is -0.535 e. The molecule has 0 bridgehead atoms. The Hall–Kier alpha value is -4.61. The van der Waals surface area contributed by atoms with Gasteiger partial charge in [0.25, 0.3) is 0 Å². The number of imidazole rings is 1. The molecule has 0 atom stereocenters. The molecule has 0 unspecified atom stereocenters. The summed E-state index contributed by atoms with van der Waals surface area (Å²) in [6.45, 7) is 20.3. The van der Waals surface area contributed by atoms with Crippen molar-refractivity contribution in [2.75, 3.05) is 4.81 Å². The van der Waals surface area contributed by atoms with Gasteiger partial charge in [0.05, 0.1) is 5.65 Å². The molecule has 7 aromatic rings. The molecule has 8 heteroatoms. The van der Waals surface area contributed by atoms with Crippen molar-refractivity contribution in [2.24, 2.45) is 0 Å². The summed E-state index contributed by atoms with van der Waals surface area (Å²) in [5, 5.41) is 3.25. The van der Waals surface area contributed by atoms with Crippen LogP contribution in [0.15, 0.2) is 85.2 Å². The molecule has 9 rings (SSSR count). The molecule has 2 aliphatic heterocycles. The second-order valence-electron chi connectivity index (χ2n) is 16.3. The van der Waals surface area contributed by atoms with E-state index in [4.69, 9.17) is 19.4 Å². The van der Waals surface area contributed by atoms with Crippen LogP contribution >= 0.6 is 0 Å². The summed E-state index contributed by atoms with van der Waals surface area (Å²) in [4.78, 5) is 12.0. The first-order chi connectivity index (χ1) is 24.3. The number of pyridine rings is 2. The summed E-state index contributed by atoms with van der Waals surface area (Å²) in [6, 6.07) is 32.6. The minimum atomic E-state index is -0.406. The van der Waals surface area contributed by atoms with Crippen molar-refractivity contribution in [1.29, 1.82) is 0 Å². The van der Waals surface area contributed by atoms with Gasteiger partial charge >= 0.3 is 28.1 Å². The molecule has 4 aromatic carbocycles. The first-order valence-corrected chi connectivity index (χ1v) is 17.8. The number of fused-ring (bicyclic) bond motifs is 4. The monoisotopic (exact) mass is 863 g/mol. The molecule has 0 aliphatic carbocycles. The maximum Gasteiger partial charge on any atom is 2.00 e. The topological polar surface area (TPSA) is 51.9 Å². The molecule has 6 nitrogen and oxygen atoms in total. The summed E-state index contributed by atoms with van der Waals surface area (Å²) < 4.78 is 15.8. The number of ether oxygens (including phenoxy) is 1. The van der Waals surface area contributed by atoms with E-state index >= 15 is 0 Å². The largest absolute Gasteiger partial charge is 2.00 e. The van der Waals surface area contributed by atoms with E-state index in [1.165, 1.54) is 22.2 Å². The average molecular weight is 864 g/mol. The number of hydrogen-bond donors (Lipinski definition) is 0. The van der Waals surface area contributed by atoms with Crippen molar-refractivity contribution in [1.82, 2.24) is 14.4 Å². The molecule has 0 radical (unpaired) electrons. The number of benzene rings is 4. The van der Waals surface area contributed by atoms with Crippen LogP contribution in [0.4, 0.5) is 11.5 Å². The minimum absolute atomic E-state index is 0. The Balaban J connectivity index is 0.00000387. The molecule has 0 saturated carbocycles. The molecule has 0 amide bonds. The van der Waals surface area contributed by atoms with Gasteiger partial charge in [0.2, 0.25) is 0 Å². The molecular weight excluding hydrogens is 822 g/mol. The molecule has 0 N–H and O–H groups in total. The fourth-order valence-electron chi connectivity index (χ4n) is 8.14. The summed E-state index contributed by atoms with van der Waals surface area (Å²) in [5.41, 5.74) is 9.69. The number of aromatic nitrogens is 3. The number of anilines is 2. The Kier molecular flexibility index (Phi) is 7.76. The zero-order chi connectivity index (χ0) is 35.6. The number of nitrogens with zero attached hydrogens (tertiary/aromatic N) is 4. The van der Waals surface area contributed by atoms with Crippen LogP contribution in [-0.4, -0.2) is 21.4 Å². The molecule has 2 aliphatic rings. The van der Waals surface area contributed by atoms with Crippen LogP contribution in [0.3, 0.4) is 0 Å². The predicted octanol–water partition coefficient (Wildman–Crippen LogP) is 9.83. The molecule has 52 heavy (non-hydrogen) atoms. The van der Waals surface area contributed by atoms with Crippen LogP contribution < -0.4 is 19.7 Å². The quantitative estimate of drug-likeness (QED) is 0.100. The van der Waals surface area contributed by atoms with Crippen LogP contribution in [-0.2, 0) is 37.3 Å². The Morgan fingerprint density at radius 3 is 2.31 bits per heavy atom. The zero-order valence-electron chi connectivity index (χ0n) is 31.1. The van der Waals surface area contributed by atoms with E-state index < -0.39 is 7.05 Å². The number of hydrogen-bond acceptors (Lipinski definition) is 5. The van der Waals surface area contributed by atoms with Gasteiger partial charge in [-0.3, -0.25) is 4.98 Å². The van der Waals surface area contributed by atoms with E-state index in [2.05, 4.69) is 144 Å². The molecule has 5 heterocycles. The van der Waals surface area contributed by atoms with Crippen molar-refractivity contribution in [3.8, 4) is 17.2 Å². The number of rotatable bonds is 4. The fraction of sp³-hybridized carbons (Fsp3) is 0.273. The molecule has 262 valence electrons. The maximum absolute atomic E-state index is 6.74. The second kappa shape index (κ2) is 11.7. The van der Waals surface area contributed by atoms with E-state index in [0.717, 1.165) is 55.8 Å². The number of aryl methyl sites for hydroxylation is 2. The molecule has 0 saturated heterocycles. The normalized spacial score (nSPS) is 15.6. The van der Waals surface area contributed by atoms with Crippen molar-refractivity contribution in [3.63, 3.8) is 0 Å². The maximum atomic E-state index is 6.74. The third-order valence-electron chi connectivity index (χ3n) is 11.7. The SMILES string of the molecule is Cc1cccc(C)c1B1Oc2cccnc2N1c1[c-]c(Oc2[c-]c3c(cc2)c2cccc4c2n2c(cnc32)C(C)(C)C4(C)C)cc(C(C)(C)C)c1.[Pt+2]. The van der Waals surface area contributed by atoms with Gasteiger partial charge in [-0.15, -0.1) is 35.9 Å². The van der Waals surface area contributed by atoms with Crippen molar-refractivity contribution in [2.45, 2.75) is 78.6 Å². The summed E-state index contributed by atoms with van der Waals surface area (Å²) >= 11 is 0. The van der Waals surface area contributed by atoms with Gasteiger partial charge in [-0.1, -0.05) is 119 Å². The van der Waals surface area contributed by atoms with Crippen LogP contribution in [0.2, 0.25) is 0 Å².